The Labute approximate surface area is 154 Å². The summed E-state index contributed by atoms with van der Waals surface area (Å²) < 4.78 is 1.94. The molecule has 0 radical (unpaired) electrons. The zero-order valence-corrected chi connectivity index (χ0v) is 15.7. The summed E-state index contributed by atoms with van der Waals surface area (Å²) in [5, 5.41) is 4.43. The molecule has 0 spiro atoms. The molecule has 0 amide bonds. The van der Waals surface area contributed by atoms with Gasteiger partial charge >= 0.3 is 0 Å². The topological polar surface area (TPSA) is 62.7 Å². The van der Waals surface area contributed by atoms with Crippen LogP contribution in [-0.4, -0.2) is 52.2 Å². The Balaban J connectivity index is 1.75. The molecule has 1 fully saturated rings. The Kier molecular flexibility index (Phi) is 4.38. The van der Waals surface area contributed by atoms with Gasteiger partial charge < -0.3 is 15.5 Å². The van der Waals surface area contributed by atoms with E-state index in [2.05, 4.69) is 71.2 Å². The van der Waals surface area contributed by atoms with E-state index in [1.807, 2.05) is 4.52 Å². The van der Waals surface area contributed by atoms with E-state index < -0.39 is 0 Å². The smallest absolute Gasteiger partial charge is 0.137 e. The lowest BCUT2D eigenvalue weighted by molar-refractivity contribution is 0.275. The van der Waals surface area contributed by atoms with Gasteiger partial charge in [-0.15, -0.1) is 0 Å². The van der Waals surface area contributed by atoms with Crippen molar-refractivity contribution in [3.8, 4) is 11.3 Å². The first kappa shape index (κ1) is 17.0. The van der Waals surface area contributed by atoms with E-state index >= 15 is 0 Å². The molecule has 0 aliphatic carbocycles. The summed E-state index contributed by atoms with van der Waals surface area (Å²) >= 11 is 0. The average molecular weight is 350 g/mol. The van der Waals surface area contributed by atoms with Crippen molar-refractivity contribution >= 4 is 11.2 Å². The highest BCUT2D eigenvalue weighted by atomic mass is 15.3. The van der Waals surface area contributed by atoms with Crippen LogP contribution in [0.25, 0.3) is 16.8 Å². The van der Waals surface area contributed by atoms with Gasteiger partial charge in [0.25, 0.3) is 0 Å². The van der Waals surface area contributed by atoms with Gasteiger partial charge in [-0.3, -0.25) is 0 Å². The molecule has 3 heterocycles. The molecule has 6 nitrogen and oxygen atoms in total. The summed E-state index contributed by atoms with van der Waals surface area (Å²) in [5.74, 6) is 0. The fourth-order valence-corrected chi connectivity index (χ4v) is 3.89. The third-order valence-corrected chi connectivity index (χ3v) is 5.39. The number of hydrogen-bond donors (Lipinski definition) is 1. The summed E-state index contributed by atoms with van der Waals surface area (Å²) in [4.78, 5) is 9.41. The molecule has 136 valence electrons. The third-order valence-electron chi connectivity index (χ3n) is 5.39. The third kappa shape index (κ3) is 2.95. The number of hydrogen-bond acceptors (Lipinski definition) is 5. The van der Waals surface area contributed by atoms with Crippen LogP contribution in [0, 0.1) is 6.92 Å². The van der Waals surface area contributed by atoms with E-state index in [9.17, 15) is 0 Å². The van der Waals surface area contributed by atoms with Crippen molar-refractivity contribution in [2.75, 3.05) is 31.6 Å². The van der Waals surface area contributed by atoms with E-state index in [1.54, 1.807) is 6.33 Å². The van der Waals surface area contributed by atoms with Gasteiger partial charge in [0, 0.05) is 37.8 Å². The molecule has 0 bridgehead atoms. The minimum atomic E-state index is 0.480. The van der Waals surface area contributed by atoms with E-state index in [0.29, 0.717) is 12.6 Å². The van der Waals surface area contributed by atoms with Crippen molar-refractivity contribution in [1.29, 1.82) is 0 Å². The van der Waals surface area contributed by atoms with Crippen LogP contribution in [0.3, 0.4) is 0 Å². The largest absolute Gasteiger partial charge is 0.365 e. The molecule has 0 unspecified atom stereocenters. The number of aryl methyl sites for hydroxylation is 1. The summed E-state index contributed by atoms with van der Waals surface area (Å²) in [7, 11) is 2.18. The Morgan fingerprint density at radius 3 is 2.81 bits per heavy atom. The molecule has 6 heteroatoms. The van der Waals surface area contributed by atoms with Gasteiger partial charge in [-0.1, -0.05) is 12.1 Å². The van der Waals surface area contributed by atoms with E-state index in [4.69, 9.17) is 5.73 Å². The number of anilines is 1. The van der Waals surface area contributed by atoms with Crippen LogP contribution in [0.4, 0.5) is 5.69 Å². The molecule has 3 aromatic rings. The standard InChI is InChI=1S/C20H26N6/c1-14-8-16(4-5-17(14)10-21)20-19-9-18(12-26(19)23-13-22-20)25-7-6-24(3)11-15(25)2/h4-5,8-9,12-13,15H,6-7,10-11,21H2,1-3H3/t15-/m1/s1. The fraction of sp³-hybridized carbons (Fsp3) is 0.400. The highest BCUT2D eigenvalue weighted by Crippen LogP contribution is 2.29. The van der Waals surface area contributed by atoms with Gasteiger partial charge in [-0.05, 0) is 44.2 Å². The first-order valence-corrected chi connectivity index (χ1v) is 9.15. The number of nitrogens with two attached hydrogens (primary N) is 1. The van der Waals surface area contributed by atoms with E-state index in [1.165, 1.54) is 16.8 Å². The lowest BCUT2D eigenvalue weighted by atomic mass is 10.0. The number of aromatic nitrogens is 3. The second kappa shape index (κ2) is 6.70. The maximum absolute atomic E-state index is 5.80. The zero-order chi connectivity index (χ0) is 18.3. The predicted octanol–water partition coefficient (Wildman–Crippen LogP) is 2.30. The predicted molar refractivity (Wildman–Crippen MR) is 105 cm³/mol. The maximum Gasteiger partial charge on any atom is 0.137 e. The fourth-order valence-electron chi connectivity index (χ4n) is 3.89. The molecule has 1 aliphatic heterocycles. The number of fused-ring (bicyclic) bond motifs is 1. The highest BCUT2D eigenvalue weighted by Gasteiger charge is 2.23. The number of nitrogens with zero attached hydrogens (tertiary/aromatic N) is 5. The van der Waals surface area contributed by atoms with Gasteiger partial charge in [0.1, 0.15) is 6.33 Å². The van der Waals surface area contributed by atoms with Gasteiger partial charge in [-0.2, -0.15) is 5.10 Å². The lowest BCUT2D eigenvalue weighted by Gasteiger charge is -2.39. The minimum Gasteiger partial charge on any atom is -0.365 e. The van der Waals surface area contributed by atoms with Crippen molar-refractivity contribution in [2.45, 2.75) is 26.4 Å². The van der Waals surface area contributed by atoms with Crippen LogP contribution in [0.1, 0.15) is 18.1 Å². The summed E-state index contributed by atoms with van der Waals surface area (Å²) in [6.45, 7) is 8.11. The van der Waals surface area contributed by atoms with Crippen LogP contribution in [0.5, 0.6) is 0 Å². The monoisotopic (exact) mass is 350 g/mol. The molecule has 2 N–H and O–H groups in total. The van der Waals surface area contributed by atoms with Crippen LogP contribution in [0.15, 0.2) is 36.8 Å². The molecule has 1 atom stereocenters. The molecule has 0 saturated carbocycles. The number of rotatable bonds is 3. The van der Waals surface area contributed by atoms with Crippen molar-refractivity contribution in [3.05, 3.63) is 47.9 Å². The molecule has 26 heavy (non-hydrogen) atoms. The molecular weight excluding hydrogens is 324 g/mol. The van der Waals surface area contributed by atoms with Crippen molar-refractivity contribution < 1.29 is 0 Å². The lowest BCUT2D eigenvalue weighted by Crippen LogP contribution is -2.50. The van der Waals surface area contributed by atoms with Gasteiger partial charge in [0.15, 0.2) is 0 Å². The second-order valence-electron chi connectivity index (χ2n) is 7.29. The normalized spacial score (nSPS) is 18.6. The SMILES string of the molecule is Cc1cc(-c2ncnn3cc(N4CCN(C)C[C@H]4C)cc23)ccc1CN. The Morgan fingerprint density at radius 1 is 1.23 bits per heavy atom. The maximum atomic E-state index is 5.80. The molecule has 4 rings (SSSR count). The van der Waals surface area contributed by atoms with Crippen LogP contribution >= 0.6 is 0 Å². The summed E-state index contributed by atoms with van der Waals surface area (Å²) in [6, 6.07) is 9.05. The highest BCUT2D eigenvalue weighted by molar-refractivity contribution is 5.80. The quantitative estimate of drug-likeness (QED) is 0.785. The molecular formula is C20H26N6. The Bertz CT molecular complexity index is 931. The number of likely N-dealkylation sites (N-methyl/N-ethyl adjacent to an activating group) is 1. The van der Waals surface area contributed by atoms with Crippen LogP contribution in [0.2, 0.25) is 0 Å². The van der Waals surface area contributed by atoms with E-state index in [0.717, 1.165) is 36.4 Å². The average Bonchev–Trinajstić information content (AvgIpc) is 3.05. The van der Waals surface area contributed by atoms with Crippen LogP contribution in [-0.2, 0) is 6.54 Å². The van der Waals surface area contributed by atoms with Gasteiger partial charge in [0.2, 0.25) is 0 Å². The van der Waals surface area contributed by atoms with Gasteiger partial charge in [0.05, 0.1) is 23.1 Å². The Hall–Kier alpha value is -2.44. The van der Waals surface area contributed by atoms with Crippen molar-refractivity contribution in [1.82, 2.24) is 19.5 Å². The van der Waals surface area contributed by atoms with Gasteiger partial charge in [-0.25, -0.2) is 9.50 Å². The number of benzene rings is 1. The first-order chi connectivity index (χ1) is 12.6. The Morgan fingerprint density at radius 2 is 2.08 bits per heavy atom. The zero-order valence-electron chi connectivity index (χ0n) is 15.7. The number of piperazine rings is 1. The van der Waals surface area contributed by atoms with Crippen molar-refractivity contribution in [2.24, 2.45) is 5.73 Å². The van der Waals surface area contributed by atoms with E-state index in [-0.39, 0.29) is 0 Å². The molecule has 1 saturated heterocycles. The first-order valence-electron chi connectivity index (χ1n) is 9.15. The second-order valence-corrected chi connectivity index (χ2v) is 7.29. The molecule has 1 aliphatic rings. The molecule has 2 aromatic heterocycles. The van der Waals surface area contributed by atoms with Crippen molar-refractivity contribution in [3.63, 3.8) is 0 Å². The minimum absolute atomic E-state index is 0.480. The summed E-state index contributed by atoms with van der Waals surface area (Å²) in [5.41, 5.74) is 12.5. The molecule has 1 aromatic carbocycles. The van der Waals surface area contributed by atoms with Crippen LogP contribution < -0.4 is 10.6 Å². The summed E-state index contributed by atoms with van der Waals surface area (Å²) in [6.07, 6.45) is 3.75.